The first kappa shape index (κ1) is 16.8. The minimum atomic E-state index is -0.332. The van der Waals surface area contributed by atoms with Crippen molar-refractivity contribution in [2.24, 2.45) is 0 Å². The Bertz CT molecular complexity index is 821. The van der Waals surface area contributed by atoms with Crippen LogP contribution in [0.4, 0.5) is 9.18 Å². The first-order valence-corrected chi connectivity index (χ1v) is 8.74. The molecule has 1 saturated heterocycles. The maximum absolute atomic E-state index is 13.5. The van der Waals surface area contributed by atoms with Crippen molar-refractivity contribution in [3.63, 3.8) is 0 Å². The van der Waals surface area contributed by atoms with Crippen LogP contribution < -0.4 is 0 Å². The zero-order valence-electron chi connectivity index (χ0n) is 14.3. The molecule has 5 heteroatoms. The van der Waals surface area contributed by atoms with Gasteiger partial charge in [-0.1, -0.05) is 48.5 Å². The predicted octanol–water partition coefficient (Wildman–Crippen LogP) is 4.02. The number of carbonyl (C=O) groups excluding carboxylic acids is 1. The number of benzene rings is 2. The van der Waals surface area contributed by atoms with Crippen LogP contribution in [0, 0.1) is 5.82 Å². The second-order valence-electron chi connectivity index (χ2n) is 6.61. The van der Waals surface area contributed by atoms with E-state index in [0.717, 1.165) is 16.7 Å². The lowest BCUT2D eigenvalue weighted by atomic mass is 9.90. The van der Waals surface area contributed by atoms with E-state index in [0.29, 0.717) is 19.6 Å². The molecule has 2 heterocycles. The molecule has 2 unspecified atom stereocenters. The average molecular weight is 353 g/mol. The largest absolute Gasteiger partial charge is 0.445 e. The van der Waals surface area contributed by atoms with Crippen LogP contribution in [-0.2, 0) is 16.1 Å². The first-order valence-electron chi connectivity index (χ1n) is 8.74. The third-order valence-electron chi connectivity index (χ3n) is 4.81. The quantitative estimate of drug-likeness (QED) is 0.837. The zero-order chi connectivity index (χ0) is 17.9. The third kappa shape index (κ3) is 3.48. The summed E-state index contributed by atoms with van der Waals surface area (Å²) in [6.45, 7) is 1.14. The SMILES string of the molecule is O=C(OCc1ccccc1)N1C2C=C(c3cccc(F)c3)CC1COC2. The van der Waals surface area contributed by atoms with Crippen LogP contribution in [-0.4, -0.2) is 36.3 Å². The Labute approximate surface area is 151 Å². The Morgan fingerprint density at radius 3 is 2.77 bits per heavy atom. The lowest BCUT2D eigenvalue weighted by Gasteiger charge is -2.43. The number of hydrogen-bond acceptors (Lipinski definition) is 3. The number of morpholine rings is 1. The van der Waals surface area contributed by atoms with Crippen LogP contribution in [0.2, 0.25) is 0 Å². The normalized spacial score (nSPS) is 21.9. The van der Waals surface area contributed by atoms with Gasteiger partial charge in [0.15, 0.2) is 0 Å². The fraction of sp³-hybridized carbons (Fsp3) is 0.286. The highest BCUT2D eigenvalue weighted by Gasteiger charge is 2.39. The van der Waals surface area contributed by atoms with Crippen molar-refractivity contribution < 1.29 is 18.7 Å². The van der Waals surface area contributed by atoms with Gasteiger partial charge in [-0.15, -0.1) is 0 Å². The zero-order valence-corrected chi connectivity index (χ0v) is 14.3. The smallest absolute Gasteiger partial charge is 0.411 e. The van der Waals surface area contributed by atoms with Crippen molar-refractivity contribution in [3.05, 3.63) is 77.6 Å². The highest BCUT2D eigenvalue weighted by Crippen LogP contribution is 2.33. The van der Waals surface area contributed by atoms with Crippen molar-refractivity contribution in [2.75, 3.05) is 13.2 Å². The minimum Gasteiger partial charge on any atom is -0.445 e. The van der Waals surface area contributed by atoms with E-state index in [-0.39, 0.29) is 30.6 Å². The van der Waals surface area contributed by atoms with E-state index in [9.17, 15) is 9.18 Å². The first-order chi connectivity index (χ1) is 12.7. The molecule has 4 nitrogen and oxygen atoms in total. The van der Waals surface area contributed by atoms with E-state index in [1.165, 1.54) is 12.1 Å². The number of fused-ring (bicyclic) bond motifs is 2. The fourth-order valence-electron chi connectivity index (χ4n) is 3.58. The molecule has 26 heavy (non-hydrogen) atoms. The average Bonchev–Trinajstić information content (AvgIpc) is 2.66. The molecule has 2 bridgehead atoms. The minimum absolute atomic E-state index is 0.0970. The summed E-state index contributed by atoms with van der Waals surface area (Å²) in [7, 11) is 0. The molecule has 2 aliphatic rings. The third-order valence-corrected chi connectivity index (χ3v) is 4.81. The molecule has 134 valence electrons. The van der Waals surface area contributed by atoms with E-state index < -0.39 is 0 Å². The summed E-state index contributed by atoms with van der Waals surface area (Å²) < 4.78 is 24.7. The van der Waals surface area contributed by atoms with Crippen molar-refractivity contribution in [3.8, 4) is 0 Å². The van der Waals surface area contributed by atoms with Crippen molar-refractivity contribution in [1.82, 2.24) is 4.90 Å². The lowest BCUT2D eigenvalue weighted by Crippen LogP contribution is -2.56. The van der Waals surface area contributed by atoms with Crippen LogP contribution in [0.5, 0.6) is 0 Å². The Hall–Kier alpha value is -2.66. The molecular weight excluding hydrogens is 333 g/mol. The van der Waals surface area contributed by atoms with Crippen LogP contribution in [0.15, 0.2) is 60.7 Å². The Morgan fingerprint density at radius 1 is 1.15 bits per heavy atom. The van der Waals surface area contributed by atoms with Gasteiger partial charge in [0.25, 0.3) is 0 Å². The molecule has 0 spiro atoms. The number of amides is 1. The van der Waals surface area contributed by atoms with Crippen LogP contribution in [0.1, 0.15) is 17.5 Å². The fourth-order valence-corrected chi connectivity index (χ4v) is 3.58. The second kappa shape index (κ2) is 7.30. The van der Waals surface area contributed by atoms with Crippen molar-refractivity contribution >= 4 is 11.7 Å². The van der Waals surface area contributed by atoms with E-state index in [2.05, 4.69) is 0 Å². The number of hydrogen-bond donors (Lipinski definition) is 0. The molecular formula is C21H20FNO3. The number of ether oxygens (including phenoxy) is 2. The van der Waals surface area contributed by atoms with Crippen molar-refractivity contribution in [2.45, 2.75) is 25.1 Å². The predicted molar refractivity (Wildman–Crippen MR) is 95.9 cm³/mol. The Morgan fingerprint density at radius 2 is 2.00 bits per heavy atom. The van der Waals surface area contributed by atoms with E-state index in [1.807, 2.05) is 42.5 Å². The summed E-state index contributed by atoms with van der Waals surface area (Å²) in [4.78, 5) is 14.4. The van der Waals surface area contributed by atoms with Gasteiger partial charge < -0.3 is 9.47 Å². The summed E-state index contributed by atoms with van der Waals surface area (Å²) in [6, 6.07) is 15.9. The van der Waals surface area contributed by atoms with Gasteiger partial charge in [-0.2, -0.15) is 0 Å². The van der Waals surface area contributed by atoms with Gasteiger partial charge in [0, 0.05) is 0 Å². The summed E-state index contributed by atoms with van der Waals surface area (Å²) in [5.41, 5.74) is 2.87. The van der Waals surface area contributed by atoms with Crippen LogP contribution in [0.25, 0.3) is 5.57 Å². The van der Waals surface area contributed by atoms with Gasteiger partial charge in [-0.05, 0) is 35.3 Å². The van der Waals surface area contributed by atoms with E-state index in [4.69, 9.17) is 9.47 Å². The van der Waals surface area contributed by atoms with Crippen LogP contribution >= 0.6 is 0 Å². The maximum Gasteiger partial charge on any atom is 0.411 e. The Balaban J connectivity index is 1.50. The monoisotopic (exact) mass is 353 g/mol. The maximum atomic E-state index is 13.5. The Kier molecular flexibility index (Phi) is 4.71. The molecule has 1 amide bonds. The molecule has 0 radical (unpaired) electrons. The standard InChI is InChI=1S/C21H20FNO3/c22-18-8-4-7-16(9-18)17-10-19-13-25-14-20(11-17)23(19)21(24)26-12-15-5-2-1-3-6-15/h1-10,19-20H,11-14H2. The molecule has 0 N–H and O–H groups in total. The number of nitrogens with zero attached hydrogens (tertiary/aromatic N) is 1. The number of rotatable bonds is 3. The highest BCUT2D eigenvalue weighted by molar-refractivity contribution is 5.74. The molecule has 1 fully saturated rings. The summed E-state index contributed by atoms with van der Waals surface area (Å²) in [5.74, 6) is -0.255. The van der Waals surface area contributed by atoms with Gasteiger partial charge in [-0.25, -0.2) is 9.18 Å². The summed E-state index contributed by atoms with van der Waals surface area (Å²) in [5, 5.41) is 0. The molecule has 0 aromatic heterocycles. The van der Waals surface area contributed by atoms with E-state index in [1.54, 1.807) is 11.0 Å². The molecule has 2 atom stereocenters. The molecule has 2 aliphatic heterocycles. The summed E-state index contributed by atoms with van der Waals surface area (Å²) in [6.07, 6.45) is 2.29. The number of carbonyl (C=O) groups is 1. The van der Waals surface area contributed by atoms with Gasteiger partial charge in [0.2, 0.25) is 0 Å². The van der Waals surface area contributed by atoms with E-state index >= 15 is 0 Å². The lowest BCUT2D eigenvalue weighted by molar-refractivity contribution is -0.0342. The molecule has 4 rings (SSSR count). The molecule has 0 aliphatic carbocycles. The molecule has 0 saturated carbocycles. The van der Waals surface area contributed by atoms with Crippen molar-refractivity contribution in [1.29, 1.82) is 0 Å². The molecule has 2 aromatic carbocycles. The highest BCUT2D eigenvalue weighted by atomic mass is 19.1. The van der Waals surface area contributed by atoms with Gasteiger partial charge in [-0.3, -0.25) is 4.90 Å². The topological polar surface area (TPSA) is 38.8 Å². The summed E-state index contributed by atoms with van der Waals surface area (Å²) >= 11 is 0. The second-order valence-corrected chi connectivity index (χ2v) is 6.61. The van der Waals surface area contributed by atoms with Gasteiger partial charge >= 0.3 is 6.09 Å². The van der Waals surface area contributed by atoms with Crippen LogP contribution in [0.3, 0.4) is 0 Å². The van der Waals surface area contributed by atoms with Gasteiger partial charge in [0.1, 0.15) is 12.4 Å². The molecule has 2 aromatic rings. The number of halogens is 1. The van der Waals surface area contributed by atoms with Gasteiger partial charge in [0.05, 0.1) is 25.3 Å².